The van der Waals surface area contributed by atoms with Crippen molar-refractivity contribution in [1.82, 2.24) is 29.5 Å². The Morgan fingerprint density at radius 1 is 1.18 bits per heavy atom. The van der Waals surface area contributed by atoms with Crippen LogP contribution in [0.15, 0.2) is 28.3 Å². The maximum absolute atomic E-state index is 13.1. The van der Waals surface area contributed by atoms with E-state index in [2.05, 4.69) is 37.2 Å². The van der Waals surface area contributed by atoms with Crippen LogP contribution in [0.5, 0.6) is 0 Å². The van der Waals surface area contributed by atoms with Crippen molar-refractivity contribution in [2.75, 3.05) is 11.1 Å². The lowest BCUT2D eigenvalue weighted by atomic mass is 10.2. The third-order valence-electron chi connectivity index (χ3n) is 4.70. The zero-order valence-electron chi connectivity index (χ0n) is 15.4. The topological polar surface area (TPSA) is 98.5 Å². The summed E-state index contributed by atoms with van der Waals surface area (Å²) in [7, 11) is 0. The minimum absolute atomic E-state index is 0.103. The van der Waals surface area contributed by atoms with Crippen LogP contribution in [0.4, 0.5) is 5.82 Å². The number of rotatable bonds is 6. The Morgan fingerprint density at radius 3 is 2.64 bits per heavy atom. The molecule has 146 valence electrons. The van der Waals surface area contributed by atoms with E-state index in [9.17, 15) is 4.79 Å². The van der Waals surface area contributed by atoms with E-state index in [-0.39, 0.29) is 22.7 Å². The first kappa shape index (κ1) is 19.1. The Kier molecular flexibility index (Phi) is 5.72. The quantitative estimate of drug-likeness (QED) is 0.480. The van der Waals surface area contributed by atoms with Gasteiger partial charge in [0, 0.05) is 23.3 Å². The first-order valence-corrected chi connectivity index (χ1v) is 10.6. The van der Waals surface area contributed by atoms with Gasteiger partial charge in [0.05, 0.1) is 12.7 Å². The van der Waals surface area contributed by atoms with Gasteiger partial charge in [0.1, 0.15) is 11.3 Å². The summed E-state index contributed by atoms with van der Waals surface area (Å²) in [6, 6.07) is 0.103. The number of hydrogen-bond donors (Lipinski definition) is 1. The molecule has 1 N–H and O–H groups in total. The molecule has 1 fully saturated rings. The maximum atomic E-state index is 13.1. The monoisotopic (exact) mass is 417 g/mol. The van der Waals surface area contributed by atoms with Gasteiger partial charge >= 0.3 is 0 Å². The number of hydrogen-bond acceptors (Lipinski definition) is 8. The van der Waals surface area contributed by atoms with E-state index in [4.69, 9.17) is 11.6 Å². The highest BCUT2D eigenvalue weighted by Gasteiger charge is 2.23. The second kappa shape index (κ2) is 8.40. The molecule has 0 atom stereocenters. The fourth-order valence-corrected chi connectivity index (χ4v) is 4.15. The van der Waals surface area contributed by atoms with E-state index < -0.39 is 0 Å². The summed E-state index contributed by atoms with van der Waals surface area (Å²) in [4.78, 5) is 35.5. The molecule has 10 heteroatoms. The molecule has 3 aromatic rings. The zero-order valence-corrected chi connectivity index (χ0v) is 17.0. The van der Waals surface area contributed by atoms with Crippen LogP contribution in [-0.4, -0.2) is 35.2 Å². The van der Waals surface area contributed by atoms with Crippen LogP contribution < -0.4 is 10.9 Å². The summed E-state index contributed by atoms with van der Waals surface area (Å²) < 4.78 is 1.72. The van der Waals surface area contributed by atoms with Crippen molar-refractivity contribution in [1.29, 1.82) is 0 Å². The number of anilines is 1. The molecule has 0 spiro atoms. The van der Waals surface area contributed by atoms with Crippen LogP contribution >= 0.6 is 23.4 Å². The molecule has 0 saturated heterocycles. The fourth-order valence-electron chi connectivity index (χ4n) is 3.43. The Hall–Kier alpha value is -2.26. The number of aromatic nitrogens is 6. The van der Waals surface area contributed by atoms with Crippen LogP contribution in [0.1, 0.15) is 44.5 Å². The van der Waals surface area contributed by atoms with Crippen molar-refractivity contribution in [3.8, 4) is 0 Å². The first-order chi connectivity index (χ1) is 13.7. The van der Waals surface area contributed by atoms with E-state index in [1.807, 2.05) is 0 Å². The predicted octanol–water partition coefficient (Wildman–Crippen LogP) is 3.47. The van der Waals surface area contributed by atoms with Crippen LogP contribution in [0.2, 0.25) is 5.28 Å². The summed E-state index contributed by atoms with van der Waals surface area (Å²) >= 11 is 7.65. The fraction of sp³-hybridized carbons (Fsp3) is 0.444. The first-order valence-electron chi connectivity index (χ1n) is 9.28. The molecule has 0 unspecified atom stereocenters. The minimum Gasteiger partial charge on any atom is -0.358 e. The third kappa shape index (κ3) is 3.95. The number of fused-ring (bicyclic) bond motifs is 1. The molecular weight excluding hydrogens is 398 g/mol. The van der Waals surface area contributed by atoms with Gasteiger partial charge in [-0.3, -0.25) is 9.36 Å². The molecule has 1 aliphatic carbocycles. The highest BCUT2D eigenvalue weighted by atomic mass is 35.5. The van der Waals surface area contributed by atoms with Crippen LogP contribution in [0.3, 0.4) is 0 Å². The number of nitrogens with one attached hydrogen (secondary N) is 1. The molecule has 28 heavy (non-hydrogen) atoms. The molecule has 3 heterocycles. The highest BCUT2D eigenvalue weighted by Crippen LogP contribution is 2.30. The van der Waals surface area contributed by atoms with Crippen LogP contribution in [0.25, 0.3) is 11.2 Å². The lowest BCUT2D eigenvalue weighted by molar-refractivity contribution is 0.514. The molecule has 0 aliphatic heterocycles. The van der Waals surface area contributed by atoms with E-state index in [0.717, 1.165) is 36.3 Å². The van der Waals surface area contributed by atoms with E-state index in [1.165, 1.54) is 0 Å². The Labute approximate surface area is 171 Å². The summed E-state index contributed by atoms with van der Waals surface area (Å²) in [5, 5.41) is 3.20. The van der Waals surface area contributed by atoms with Crippen molar-refractivity contribution < 1.29 is 0 Å². The Balaban J connectivity index is 1.66. The van der Waals surface area contributed by atoms with Gasteiger partial charge in [-0.25, -0.2) is 19.9 Å². The van der Waals surface area contributed by atoms with Crippen LogP contribution in [0, 0.1) is 0 Å². The van der Waals surface area contributed by atoms with Gasteiger partial charge in [-0.15, -0.1) is 11.8 Å². The van der Waals surface area contributed by atoms with E-state index >= 15 is 0 Å². The molecule has 3 aromatic heterocycles. The summed E-state index contributed by atoms with van der Waals surface area (Å²) in [5.41, 5.74) is 0.820. The van der Waals surface area contributed by atoms with Gasteiger partial charge in [0.2, 0.25) is 5.28 Å². The van der Waals surface area contributed by atoms with Crippen molar-refractivity contribution in [2.24, 2.45) is 0 Å². The Bertz CT molecular complexity index is 1030. The summed E-state index contributed by atoms with van der Waals surface area (Å²) in [5.74, 6) is 1.82. The number of nitrogens with zero attached hydrogens (tertiary/aromatic N) is 6. The van der Waals surface area contributed by atoms with Crippen molar-refractivity contribution >= 4 is 40.3 Å². The predicted molar refractivity (Wildman–Crippen MR) is 110 cm³/mol. The smallest absolute Gasteiger partial charge is 0.295 e. The Morgan fingerprint density at radius 2 is 1.93 bits per heavy atom. The molecular formula is C18H20ClN7OS. The van der Waals surface area contributed by atoms with Crippen molar-refractivity contribution in [3.63, 3.8) is 0 Å². The maximum Gasteiger partial charge on any atom is 0.295 e. The molecule has 8 nitrogen and oxygen atoms in total. The summed E-state index contributed by atoms with van der Waals surface area (Å²) in [6.07, 6.45) is 9.21. The van der Waals surface area contributed by atoms with Gasteiger partial charge < -0.3 is 5.32 Å². The molecule has 0 amide bonds. The minimum atomic E-state index is -0.202. The number of thioether (sulfide) groups is 1. The van der Waals surface area contributed by atoms with Crippen LogP contribution in [-0.2, 0) is 6.54 Å². The van der Waals surface area contributed by atoms with E-state index in [0.29, 0.717) is 23.5 Å². The molecule has 0 aromatic carbocycles. The molecule has 1 saturated carbocycles. The molecule has 0 bridgehead atoms. The lowest BCUT2D eigenvalue weighted by Gasteiger charge is -2.17. The van der Waals surface area contributed by atoms with Gasteiger partial charge in [0.15, 0.2) is 11.5 Å². The van der Waals surface area contributed by atoms with Crippen molar-refractivity contribution in [3.05, 3.63) is 40.1 Å². The van der Waals surface area contributed by atoms with E-state index in [1.54, 1.807) is 34.9 Å². The highest BCUT2D eigenvalue weighted by molar-refractivity contribution is 7.99. The van der Waals surface area contributed by atoms with Gasteiger partial charge in [-0.1, -0.05) is 19.8 Å². The van der Waals surface area contributed by atoms with Gasteiger partial charge in [-0.2, -0.15) is 4.98 Å². The SMILES string of the molecule is CCSc1cnc(CNc2nc3cnc(Cl)nc3n(C3CCCC3)c2=O)nc1. The van der Waals surface area contributed by atoms with Gasteiger partial charge in [-0.05, 0) is 30.2 Å². The second-order valence-electron chi connectivity index (χ2n) is 6.54. The van der Waals surface area contributed by atoms with Gasteiger partial charge in [0.25, 0.3) is 5.56 Å². The van der Waals surface area contributed by atoms with Crippen molar-refractivity contribution in [2.45, 2.75) is 50.1 Å². The second-order valence-corrected chi connectivity index (χ2v) is 8.22. The normalized spacial score (nSPS) is 14.6. The lowest BCUT2D eigenvalue weighted by Crippen LogP contribution is -2.28. The third-order valence-corrected chi connectivity index (χ3v) is 5.71. The standard InChI is InChI=1S/C18H20ClN7OS/c1-2-28-12-7-20-14(21-8-12)10-22-15-17(27)26(11-5-3-4-6-11)16-13(24-15)9-23-18(19)25-16/h7-9,11H,2-6,10H2,1H3,(H,22,24). The molecule has 1 aliphatic rings. The zero-order chi connectivity index (χ0) is 19.5. The largest absolute Gasteiger partial charge is 0.358 e. The molecule has 0 radical (unpaired) electrons. The average Bonchev–Trinajstić information content (AvgIpc) is 3.22. The average molecular weight is 418 g/mol. The summed E-state index contributed by atoms with van der Waals surface area (Å²) in [6.45, 7) is 2.39. The molecule has 4 rings (SSSR count). The number of halogens is 1.